The van der Waals surface area contributed by atoms with Gasteiger partial charge >= 0.3 is 5.97 Å². The number of methoxy groups -OCH3 is 1. The summed E-state index contributed by atoms with van der Waals surface area (Å²) < 4.78 is 10.7. The minimum absolute atomic E-state index is 0.00261. The highest BCUT2D eigenvalue weighted by Gasteiger charge is 2.27. The first-order valence-corrected chi connectivity index (χ1v) is 10.5. The molecular formula is C22H36N4O3. The van der Waals surface area contributed by atoms with E-state index in [0.29, 0.717) is 13.2 Å². The van der Waals surface area contributed by atoms with Crippen molar-refractivity contribution in [2.75, 3.05) is 54.0 Å². The van der Waals surface area contributed by atoms with E-state index in [1.807, 2.05) is 25.1 Å². The van der Waals surface area contributed by atoms with Crippen LogP contribution < -0.4 is 10.1 Å². The maximum Gasteiger partial charge on any atom is 0.309 e. The highest BCUT2D eigenvalue weighted by molar-refractivity contribution is 5.80. The normalized spacial score (nSPS) is 16.6. The van der Waals surface area contributed by atoms with Gasteiger partial charge in [0.05, 0.1) is 32.2 Å². The predicted molar refractivity (Wildman–Crippen MR) is 116 cm³/mol. The number of likely N-dealkylation sites (N-methyl/N-ethyl adjacent to an activating group) is 1. The molecule has 1 atom stereocenters. The number of rotatable bonds is 8. The molecule has 1 heterocycles. The quantitative estimate of drug-likeness (QED) is 0.408. The number of nitrogens with one attached hydrogen (secondary N) is 1. The van der Waals surface area contributed by atoms with Gasteiger partial charge in [-0.05, 0) is 46.9 Å². The minimum atomic E-state index is -0.0714. The summed E-state index contributed by atoms with van der Waals surface area (Å²) in [6.45, 7) is 7.40. The van der Waals surface area contributed by atoms with Crippen LogP contribution in [0.4, 0.5) is 0 Å². The van der Waals surface area contributed by atoms with Crippen LogP contribution in [-0.2, 0) is 9.53 Å². The van der Waals surface area contributed by atoms with Gasteiger partial charge in [-0.2, -0.15) is 0 Å². The smallest absolute Gasteiger partial charge is 0.309 e. The largest absolute Gasteiger partial charge is 0.496 e. The Morgan fingerprint density at radius 2 is 1.97 bits per heavy atom. The number of ether oxygens (including phenoxy) is 2. The first-order chi connectivity index (χ1) is 14.0. The molecule has 0 amide bonds. The second-order valence-electron chi connectivity index (χ2n) is 7.43. The number of esters is 1. The molecule has 2 rings (SSSR count). The molecule has 7 heteroatoms. The fraction of sp³-hybridized carbons (Fsp3) is 0.636. The van der Waals surface area contributed by atoms with Crippen LogP contribution in [0, 0.1) is 5.92 Å². The third-order valence-corrected chi connectivity index (χ3v) is 5.28. The van der Waals surface area contributed by atoms with Gasteiger partial charge in [0.15, 0.2) is 5.96 Å². The molecule has 0 bridgehead atoms. The average molecular weight is 405 g/mol. The van der Waals surface area contributed by atoms with Gasteiger partial charge in [-0.3, -0.25) is 9.79 Å². The topological polar surface area (TPSA) is 66.4 Å². The van der Waals surface area contributed by atoms with E-state index in [9.17, 15) is 4.79 Å². The monoisotopic (exact) mass is 404 g/mol. The summed E-state index contributed by atoms with van der Waals surface area (Å²) in [7, 11) is 5.82. The number of aliphatic imine (C=N–C) groups is 1. The molecule has 1 aliphatic heterocycles. The zero-order valence-corrected chi connectivity index (χ0v) is 18.5. The van der Waals surface area contributed by atoms with Crippen molar-refractivity contribution in [2.45, 2.75) is 32.7 Å². The van der Waals surface area contributed by atoms with Gasteiger partial charge in [-0.15, -0.1) is 0 Å². The van der Waals surface area contributed by atoms with Crippen LogP contribution in [0.2, 0.25) is 0 Å². The molecule has 1 unspecified atom stereocenters. The van der Waals surface area contributed by atoms with Gasteiger partial charge in [0.25, 0.3) is 0 Å². The lowest BCUT2D eigenvalue weighted by Gasteiger charge is -2.34. The maximum atomic E-state index is 12.0. The zero-order valence-electron chi connectivity index (χ0n) is 18.5. The Labute approximate surface area is 175 Å². The van der Waals surface area contributed by atoms with E-state index in [1.54, 1.807) is 7.11 Å². The van der Waals surface area contributed by atoms with E-state index in [0.717, 1.165) is 49.7 Å². The number of piperidine rings is 1. The van der Waals surface area contributed by atoms with Crippen LogP contribution in [0.1, 0.15) is 38.3 Å². The Morgan fingerprint density at radius 1 is 1.28 bits per heavy atom. The molecular weight excluding hydrogens is 368 g/mol. The summed E-state index contributed by atoms with van der Waals surface area (Å²) in [4.78, 5) is 21.3. The number of hydrogen-bond acceptors (Lipinski definition) is 5. The van der Waals surface area contributed by atoms with Crippen molar-refractivity contribution in [1.82, 2.24) is 15.1 Å². The Hall–Kier alpha value is -2.28. The molecule has 0 saturated carbocycles. The minimum Gasteiger partial charge on any atom is -0.496 e. The molecule has 7 nitrogen and oxygen atoms in total. The highest BCUT2D eigenvalue weighted by atomic mass is 16.5. The molecule has 1 N–H and O–H groups in total. The summed E-state index contributed by atoms with van der Waals surface area (Å²) in [5.74, 6) is 1.70. The fourth-order valence-corrected chi connectivity index (χ4v) is 3.67. The van der Waals surface area contributed by atoms with Gasteiger partial charge in [-0.25, -0.2) is 0 Å². The second-order valence-corrected chi connectivity index (χ2v) is 7.43. The van der Waals surface area contributed by atoms with Crippen LogP contribution in [0.15, 0.2) is 29.3 Å². The van der Waals surface area contributed by atoms with Crippen molar-refractivity contribution < 1.29 is 14.3 Å². The number of guanidine groups is 1. The van der Waals surface area contributed by atoms with Crippen LogP contribution in [0.5, 0.6) is 5.75 Å². The van der Waals surface area contributed by atoms with E-state index in [1.165, 1.54) is 0 Å². The van der Waals surface area contributed by atoms with Crippen molar-refractivity contribution in [3.8, 4) is 5.75 Å². The fourth-order valence-electron chi connectivity index (χ4n) is 3.67. The number of hydrogen-bond donors (Lipinski definition) is 1. The van der Waals surface area contributed by atoms with E-state index in [2.05, 4.69) is 42.2 Å². The van der Waals surface area contributed by atoms with Gasteiger partial charge in [0, 0.05) is 25.2 Å². The van der Waals surface area contributed by atoms with Crippen molar-refractivity contribution in [3.05, 3.63) is 29.8 Å². The summed E-state index contributed by atoms with van der Waals surface area (Å²) in [6.07, 6.45) is 1.60. The van der Waals surface area contributed by atoms with Crippen molar-refractivity contribution in [1.29, 1.82) is 0 Å². The van der Waals surface area contributed by atoms with Crippen LogP contribution in [0.3, 0.4) is 0 Å². The van der Waals surface area contributed by atoms with Crippen LogP contribution in [-0.4, -0.2) is 75.7 Å². The third-order valence-electron chi connectivity index (χ3n) is 5.28. The Kier molecular flexibility index (Phi) is 9.25. The first-order valence-electron chi connectivity index (χ1n) is 10.5. The molecule has 1 aromatic rings. The SMILES string of the molecule is CCNC(=NCC(c1ccccc1OC)N(C)C)N1CCC(C(=O)OCC)CC1. The molecule has 0 aliphatic carbocycles. The number of para-hydroxylation sites is 1. The van der Waals surface area contributed by atoms with Crippen molar-refractivity contribution in [3.63, 3.8) is 0 Å². The zero-order chi connectivity index (χ0) is 21.2. The molecule has 0 radical (unpaired) electrons. The predicted octanol–water partition coefficient (Wildman–Crippen LogP) is 2.54. The number of likely N-dealkylation sites (tertiary alicyclic amines) is 1. The number of benzene rings is 1. The third kappa shape index (κ3) is 6.35. The maximum absolute atomic E-state index is 12.0. The standard InChI is InChI=1S/C22H36N4O3/c1-6-23-22(26-14-12-17(13-15-26)21(27)29-7-2)24-16-19(25(3)4)18-10-8-9-11-20(18)28-5/h8-11,17,19H,6-7,12-16H2,1-5H3,(H,23,24). The molecule has 1 aromatic carbocycles. The number of carbonyl (C=O) groups is 1. The Bertz CT molecular complexity index is 670. The van der Waals surface area contributed by atoms with E-state index < -0.39 is 0 Å². The Balaban J connectivity index is 2.10. The first kappa shape index (κ1) is 23.0. The molecule has 1 saturated heterocycles. The number of carbonyl (C=O) groups excluding carboxylic acids is 1. The molecule has 162 valence electrons. The van der Waals surface area contributed by atoms with Crippen LogP contribution in [0.25, 0.3) is 0 Å². The molecule has 1 fully saturated rings. The number of nitrogens with zero attached hydrogens (tertiary/aromatic N) is 3. The molecule has 29 heavy (non-hydrogen) atoms. The lowest BCUT2D eigenvalue weighted by Crippen LogP contribution is -2.47. The van der Waals surface area contributed by atoms with Gasteiger partial charge in [0.2, 0.25) is 0 Å². The van der Waals surface area contributed by atoms with E-state index >= 15 is 0 Å². The Morgan fingerprint density at radius 3 is 2.55 bits per heavy atom. The highest BCUT2D eigenvalue weighted by Crippen LogP contribution is 2.28. The van der Waals surface area contributed by atoms with Crippen molar-refractivity contribution in [2.24, 2.45) is 10.9 Å². The van der Waals surface area contributed by atoms with Gasteiger partial charge in [-0.1, -0.05) is 18.2 Å². The lowest BCUT2D eigenvalue weighted by atomic mass is 9.97. The van der Waals surface area contributed by atoms with Gasteiger partial charge < -0.3 is 24.6 Å². The van der Waals surface area contributed by atoms with E-state index in [-0.39, 0.29) is 17.9 Å². The van der Waals surface area contributed by atoms with Crippen molar-refractivity contribution >= 4 is 11.9 Å². The summed E-state index contributed by atoms with van der Waals surface area (Å²) in [6, 6.07) is 8.20. The average Bonchev–Trinajstić information content (AvgIpc) is 2.73. The van der Waals surface area contributed by atoms with Crippen LogP contribution >= 0.6 is 0 Å². The second kappa shape index (κ2) is 11.7. The molecule has 1 aliphatic rings. The lowest BCUT2D eigenvalue weighted by molar-refractivity contribution is -0.149. The van der Waals surface area contributed by atoms with Gasteiger partial charge in [0.1, 0.15) is 5.75 Å². The summed E-state index contributed by atoms with van der Waals surface area (Å²) >= 11 is 0. The molecule has 0 aromatic heterocycles. The molecule has 0 spiro atoms. The van der Waals surface area contributed by atoms with E-state index in [4.69, 9.17) is 14.5 Å². The summed E-state index contributed by atoms with van der Waals surface area (Å²) in [5.41, 5.74) is 1.13. The summed E-state index contributed by atoms with van der Waals surface area (Å²) in [5, 5.41) is 3.41.